The van der Waals surface area contributed by atoms with Crippen LogP contribution in [-0.2, 0) is 32.0 Å². The van der Waals surface area contributed by atoms with Crippen molar-refractivity contribution in [1.29, 1.82) is 0 Å². The molecular formula is C52H80O4. The van der Waals surface area contributed by atoms with E-state index in [2.05, 4.69) is 137 Å². The molecule has 0 aliphatic rings. The number of hydrogen-bond donors (Lipinski definition) is 0. The third kappa shape index (κ3) is 20.9. The predicted octanol–water partition coefficient (Wildman–Crippen LogP) is 14.6. The molecular weight excluding hydrogens is 689 g/mol. The molecule has 0 spiro atoms. The zero-order chi connectivity index (χ0) is 44.1. The minimum absolute atomic E-state index is 0.250. The molecule has 0 aromatic heterocycles. The highest BCUT2D eigenvalue weighted by Gasteiger charge is 2.16. The van der Waals surface area contributed by atoms with Crippen molar-refractivity contribution in [2.24, 2.45) is 10.8 Å². The average molecular weight is 769 g/mol. The summed E-state index contributed by atoms with van der Waals surface area (Å²) in [7, 11) is 0. The summed E-state index contributed by atoms with van der Waals surface area (Å²) in [6.07, 6.45) is 14.4. The first-order valence-electron chi connectivity index (χ1n) is 20.5. The fourth-order valence-electron chi connectivity index (χ4n) is 7.26. The Morgan fingerprint density at radius 1 is 0.393 bits per heavy atom. The summed E-state index contributed by atoms with van der Waals surface area (Å²) < 4.78 is 0. The highest BCUT2D eigenvalue weighted by Crippen LogP contribution is 2.31. The second-order valence-corrected chi connectivity index (χ2v) is 18.6. The van der Waals surface area contributed by atoms with E-state index in [9.17, 15) is 0 Å². The van der Waals surface area contributed by atoms with Crippen molar-refractivity contribution in [1.82, 2.24) is 0 Å². The Kier molecular flexibility index (Phi) is 25.3. The zero-order valence-electron chi connectivity index (χ0n) is 38.9. The van der Waals surface area contributed by atoms with Crippen LogP contribution in [0.1, 0.15) is 173 Å². The summed E-state index contributed by atoms with van der Waals surface area (Å²) in [5.74, 6) is 0. The van der Waals surface area contributed by atoms with Crippen molar-refractivity contribution in [2.75, 3.05) is 0 Å². The van der Waals surface area contributed by atoms with Crippen molar-refractivity contribution in [3.63, 3.8) is 0 Å². The molecule has 0 radical (unpaired) electrons. The van der Waals surface area contributed by atoms with E-state index in [1.54, 1.807) is 0 Å². The van der Waals surface area contributed by atoms with Crippen molar-refractivity contribution in [3.8, 4) is 0 Å². The Labute approximate surface area is 344 Å². The second-order valence-electron chi connectivity index (χ2n) is 18.6. The molecule has 0 saturated heterocycles. The molecule has 0 bridgehead atoms. The lowest BCUT2D eigenvalue weighted by molar-refractivity contribution is -0.193. The number of carbonyl (C=O) groups excluding carboxylic acids is 4. The first-order valence-corrected chi connectivity index (χ1v) is 20.5. The summed E-state index contributed by atoms with van der Waals surface area (Å²) in [4.78, 5) is 32.5. The molecule has 0 heterocycles. The Bertz CT molecular complexity index is 1520. The standard InChI is InChI=1S/2C25H40.2CO2/c2*1-17(13-11-12-14-25(8,9)10)15-18(2)16-24-22(6)20(4)19(3)21(5)23(24)7;2*2-1-3/h2*1-2,11-16H2,3-10H3;;. The van der Waals surface area contributed by atoms with Crippen molar-refractivity contribution < 1.29 is 19.2 Å². The molecule has 0 aliphatic carbocycles. The number of rotatable bonds is 16. The van der Waals surface area contributed by atoms with E-state index in [-0.39, 0.29) is 12.3 Å². The van der Waals surface area contributed by atoms with Crippen LogP contribution in [0.2, 0.25) is 0 Å². The average Bonchev–Trinajstić information content (AvgIpc) is 3.09. The minimum atomic E-state index is 0.250. The van der Waals surface area contributed by atoms with E-state index in [4.69, 9.17) is 19.2 Å². The topological polar surface area (TPSA) is 68.3 Å². The summed E-state index contributed by atoms with van der Waals surface area (Å²) in [5, 5.41) is 0. The lowest BCUT2D eigenvalue weighted by atomic mass is 9.85. The summed E-state index contributed by atoms with van der Waals surface area (Å²) in [5.41, 5.74) is 23.5. The quantitative estimate of drug-likeness (QED) is 0.126. The van der Waals surface area contributed by atoms with E-state index < -0.39 is 0 Å². The molecule has 0 N–H and O–H groups in total. The van der Waals surface area contributed by atoms with Crippen LogP contribution in [0.5, 0.6) is 0 Å². The van der Waals surface area contributed by atoms with Gasteiger partial charge in [0.15, 0.2) is 0 Å². The van der Waals surface area contributed by atoms with Crippen LogP contribution in [-0.4, -0.2) is 12.3 Å². The van der Waals surface area contributed by atoms with Gasteiger partial charge in [-0.1, -0.05) is 103 Å². The van der Waals surface area contributed by atoms with Gasteiger partial charge in [-0.3, -0.25) is 0 Å². The maximum Gasteiger partial charge on any atom is 0.373 e. The third-order valence-corrected chi connectivity index (χ3v) is 11.6. The van der Waals surface area contributed by atoms with E-state index in [1.165, 1.54) is 128 Å². The molecule has 4 heteroatoms. The van der Waals surface area contributed by atoms with Crippen LogP contribution in [0, 0.1) is 80.1 Å². The molecule has 4 nitrogen and oxygen atoms in total. The number of allylic oxidation sites excluding steroid dienone is 4. The first kappa shape index (κ1) is 54.3. The number of benzene rings is 2. The van der Waals surface area contributed by atoms with Crippen LogP contribution in [0.25, 0.3) is 0 Å². The molecule has 0 aliphatic heterocycles. The fourth-order valence-corrected chi connectivity index (χ4v) is 7.26. The lowest BCUT2D eigenvalue weighted by Crippen LogP contribution is -2.05. The monoisotopic (exact) mass is 769 g/mol. The van der Waals surface area contributed by atoms with Crippen LogP contribution in [0.4, 0.5) is 0 Å². The van der Waals surface area contributed by atoms with Crippen molar-refractivity contribution >= 4 is 12.3 Å². The highest BCUT2D eigenvalue weighted by atomic mass is 16.2. The van der Waals surface area contributed by atoms with Gasteiger partial charge in [0.25, 0.3) is 0 Å². The highest BCUT2D eigenvalue weighted by molar-refractivity contribution is 5.51. The second kappa shape index (κ2) is 26.1. The number of unbranched alkanes of at least 4 members (excludes halogenated alkanes) is 2. The van der Waals surface area contributed by atoms with Gasteiger partial charge < -0.3 is 0 Å². The van der Waals surface area contributed by atoms with Crippen LogP contribution in [0.15, 0.2) is 48.6 Å². The maximum atomic E-state index is 8.12. The molecule has 0 atom stereocenters. The Hall–Kier alpha value is -3.84. The van der Waals surface area contributed by atoms with Crippen LogP contribution < -0.4 is 0 Å². The van der Waals surface area contributed by atoms with Gasteiger partial charge in [0.05, 0.1) is 0 Å². The third-order valence-electron chi connectivity index (χ3n) is 11.6. The van der Waals surface area contributed by atoms with E-state index in [1.807, 2.05) is 0 Å². The van der Waals surface area contributed by atoms with Gasteiger partial charge in [-0.25, -0.2) is 0 Å². The normalized spacial score (nSPS) is 10.7. The summed E-state index contributed by atoms with van der Waals surface area (Å²) in [6.45, 7) is 53.8. The van der Waals surface area contributed by atoms with Gasteiger partial charge in [0.1, 0.15) is 0 Å². The Morgan fingerprint density at radius 2 is 0.607 bits per heavy atom. The van der Waals surface area contributed by atoms with E-state index >= 15 is 0 Å². The molecule has 0 saturated carbocycles. The predicted molar refractivity (Wildman–Crippen MR) is 239 cm³/mol. The van der Waals surface area contributed by atoms with E-state index in [0.717, 1.165) is 38.5 Å². The molecule has 0 fully saturated rings. The molecule has 0 amide bonds. The van der Waals surface area contributed by atoms with Crippen molar-refractivity contribution in [2.45, 2.75) is 188 Å². The van der Waals surface area contributed by atoms with Crippen LogP contribution in [0.3, 0.4) is 0 Å². The molecule has 56 heavy (non-hydrogen) atoms. The Morgan fingerprint density at radius 3 is 0.821 bits per heavy atom. The minimum Gasteiger partial charge on any atom is -0.186 e. The smallest absolute Gasteiger partial charge is 0.186 e. The van der Waals surface area contributed by atoms with Gasteiger partial charge in [-0.15, -0.1) is 0 Å². The zero-order valence-corrected chi connectivity index (χ0v) is 38.9. The summed E-state index contributed by atoms with van der Waals surface area (Å²) in [6, 6.07) is 0. The number of hydrogen-bond acceptors (Lipinski definition) is 4. The van der Waals surface area contributed by atoms with Gasteiger partial charge in [-0.2, -0.15) is 19.2 Å². The van der Waals surface area contributed by atoms with Gasteiger partial charge in [-0.05, 0) is 211 Å². The largest absolute Gasteiger partial charge is 0.373 e. The SMILES string of the molecule is C=C(CCCCC(C)(C)C)CC(=C)Cc1c(C)c(C)c(C)c(C)c1C.C=C(CCCCC(C)(C)C)CC(=C)Cc1c(C)c(C)c(C)c(C)c1C.O=C=O.O=C=O. The lowest BCUT2D eigenvalue weighted by Gasteiger charge is -2.20. The van der Waals surface area contributed by atoms with Gasteiger partial charge in [0.2, 0.25) is 0 Å². The van der Waals surface area contributed by atoms with Crippen molar-refractivity contribution in [3.05, 3.63) is 115 Å². The maximum absolute atomic E-state index is 8.12. The first-order chi connectivity index (χ1) is 25.7. The van der Waals surface area contributed by atoms with E-state index in [0.29, 0.717) is 10.8 Å². The molecule has 2 aromatic rings. The van der Waals surface area contributed by atoms with Gasteiger partial charge in [0, 0.05) is 0 Å². The Balaban J connectivity index is 0. The fraction of sp³-hybridized carbons (Fsp3) is 0.577. The van der Waals surface area contributed by atoms with Gasteiger partial charge >= 0.3 is 12.3 Å². The molecule has 312 valence electrons. The molecule has 2 aromatic carbocycles. The molecule has 2 rings (SSSR count). The van der Waals surface area contributed by atoms with Crippen LogP contribution >= 0.6 is 0 Å². The molecule has 0 unspecified atom stereocenters. The summed E-state index contributed by atoms with van der Waals surface area (Å²) >= 11 is 0.